The average molecular weight is 268 g/mol. The fourth-order valence-corrected chi connectivity index (χ4v) is 1.68. The number of carbonyl (C=O) groups excluding carboxylic acids is 1. The predicted molar refractivity (Wildman–Crippen MR) is 66.5 cm³/mol. The lowest BCUT2D eigenvalue weighted by Crippen LogP contribution is -2.06. The first-order valence-corrected chi connectivity index (χ1v) is 5.45. The number of carbonyl (C=O) groups is 1. The van der Waals surface area contributed by atoms with Crippen molar-refractivity contribution in [1.82, 2.24) is 4.90 Å². The molecule has 0 atom stereocenters. The van der Waals surface area contributed by atoms with Gasteiger partial charge in [0.05, 0.1) is 0 Å². The molecule has 0 saturated carbocycles. The molecule has 0 amide bonds. The molecule has 0 heterocycles. The van der Waals surface area contributed by atoms with E-state index in [1.165, 1.54) is 0 Å². The van der Waals surface area contributed by atoms with Crippen LogP contribution in [-0.2, 0) is 4.79 Å². The van der Waals surface area contributed by atoms with Gasteiger partial charge in [-0.1, -0.05) is 28.1 Å². The number of Topliss-reactive ketones (excluding diaryl/α,β-unsaturated/α-hetero) is 1. The summed E-state index contributed by atoms with van der Waals surface area (Å²) >= 11 is 3.39. The third-order valence-electron chi connectivity index (χ3n) is 1.90. The van der Waals surface area contributed by atoms with E-state index in [2.05, 4.69) is 15.9 Å². The van der Waals surface area contributed by atoms with Crippen molar-refractivity contribution in [3.05, 3.63) is 40.5 Å². The zero-order valence-electron chi connectivity index (χ0n) is 9.12. The minimum Gasteiger partial charge on any atom is -0.383 e. The number of hydrogen-bond acceptors (Lipinski definition) is 2. The lowest BCUT2D eigenvalue weighted by atomic mass is 10.0. The quantitative estimate of drug-likeness (QED) is 0.785. The Labute approximate surface area is 98.7 Å². The molecule has 1 rings (SSSR count). The van der Waals surface area contributed by atoms with Crippen LogP contribution in [0.2, 0.25) is 0 Å². The van der Waals surface area contributed by atoms with Crippen LogP contribution in [0.15, 0.2) is 34.9 Å². The molecule has 0 aliphatic heterocycles. The minimum atomic E-state index is 0.0711. The van der Waals surface area contributed by atoms with Crippen LogP contribution in [0.1, 0.15) is 12.5 Å². The Morgan fingerprint density at radius 1 is 1.40 bits per heavy atom. The van der Waals surface area contributed by atoms with Crippen molar-refractivity contribution in [1.29, 1.82) is 0 Å². The van der Waals surface area contributed by atoms with E-state index in [4.69, 9.17) is 0 Å². The van der Waals surface area contributed by atoms with E-state index in [1.807, 2.05) is 49.5 Å². The van der Waals surface area contributed by atoms with Gasteiger partial charge in [0.15, 0.2) is 5.78 Å². The highest BCUT2D eigenvalue weighted by Crippen LogP contribution is 2.20. The first-order valence-electron chi connectivity index (χ1n) is 4.66. The second-order valence-corrected chi connectivity index (χ2v) is 4.49. The molecule has 0 aromatic heterocycles. The van der Waals surface area contributed by atoms with Crippen molar-refractivity contribution in [3.63, 3.8) is 0 Å². The number of halogens is 1. The van der Waals surface area contributed by atoms with Crippen molar-refractivity contribution >= 4 is 27.3 Å². The summed E-state index contributed by atoms with van der Waals surface area (Å²) in [6.07, 6.45) is 1.84. The number of ketones is 1. The molecular weight excluding hydrogens is 254 g/mol. The predicted octanol–water partition coefficient (Wildman–Crippen LogP) is 2.94. The van der Waals surface area contributed by atoms with Crippen LogP contribution < -0.4 is 0 Å². The highest BCUT2D eigenvalue weighted by atomic mass is 79.9. The van der Waals surface area contributed by atoms with Gasteiger partial charge in [0.2, 0.25) is 0 Å². The van der Waals surface area contributed by atoms with Crippen LogP contribution in [-0.4, -0.2) is 24.8 Å². The van der Waals surface area contributed by atoms with Crippen molar-refractivity contribution in [2.24, 2.45) is 0 Å². The Morgan fingerprint density at radius 3 is 2.53 bits per heavy atom. The molecule has 3 heteroatoms. The maximum Gasteiger partial charge on any atom is 0.161 e. The Bertz CT molecular complexity index is 396. The van der Waals surface area contributed by atoms with Crippen molar-refractivity contribution in [3.8, 4) is 0 Å². The lowest BCUT2D eigenvalue weighted by Gasteiger charge is -2.10. The second-order valence-electron chi connectivity index (χ2n) is 3.57. The highest BCUT2D eigenvalue weighted by molar-refractivity contribution is 9.10. The summed E-state index contributed by atoms with van der Waals surface area (Å²) < 4.78 is 0.978. The van der Waals surface area contributed by atoms with Crippen LogP contribution in [0.3, 0.4) is 0 Å². The van der Waals surface area contributed by atoms with Crippen LogP contribution in [0, 0.1) is 0 Å². The Kier molecular flexibility index (Phi) is 4.09. The SMILES string of the molecule is CC(=O)/C(=C/N(C)C)c1cccc(Br)c1. The van der Waals surface area contributed by atoms with Gasteiger partial charge in [0.1, 0.15) is 0 Å². The second kappa shape index (κ2) is 5.12. The monoisotopic (exact) mass is 267 g/mol. The number of benzene rings is 1. The third-order valence-corrected chi connectivity index (χ3v) is 2.40. The Balaban J connectivity index is 3.16. The van der Waals surface area contributed by atoms with Crippen molar-refractivity contribution < 1.29 is 4.79 Å². The van der Waals surface area contributed by atoms with Gasteiger partial charge in [-0.15, -0.1) is 0 Å². The van der Waals surface area contributed by atoms with Gasteiger partial charge in [0.25, 0.3) is 0 Å². The molecule has 0 N–H and O–H groups in total. The highest BCUT2D eigenvalue weighted by Gasteiger charge is 2.07. The van der Waals surface area contributed by atoms with Crippen LogP contribution >= 0.6 is 15.9 Å². The topological polar surface area (TPSA) is 20.3 Å². The van der Waals surface area contributed by atoms with Gasteiger partial charge in [-0.2, -0.15) is 0 Å². The average Bonchev–Trinajstić information content (AvgIpc) is 2.13. The Hall–Kier alpha value is -1.09. The largest absolute Gasteiger partial charge is 0.383 e. The van der Waals surface area contributed by atoms with E-state index in [9.17, 15) is 4.79 Å². The summed E-state index contributed by atoms with van der Waals surface area (Å²) in [6, 6.07) is 7.74. The molecule has 80 valence electrons. The van der Waals surface area contributed by atoms with Gasteiger partial charge in [-0.05, 0) is 24.6 Å². The van der Waals surface area contributed by atoms with E-state index in [1.54, 1.807) is 6.92 Å². The van der Waals surface area contributed by atoms with Gasteiger partial charge < -0.3 is 4.90 Å². The fraction of sp³-hybridized carbons (Fsp3) is 0.250. The molecule has 0 unspecified atom stereocenters. The van der Waals surface area contributed by atoms with Gasteiger partial charge >= 0.3 is 0 Å². The molecular formula is C12H14BrNO. The van der Waals surface area contributed by atoms with Crippen molar-refractivity contribution in [2.75, 3.05) is 14.1 Å². The van der Waals surface area contributed by atoms with Crippen molar-refractivity contribution in [2.45, 2.75) is 6.92 Å². The fourth-order valence-electron chi connectivity index (χ4n) is 1.28. The summed E-state index contributed by atoms with van der Waals surface area (Å²) in [7, 11) is 3.81. The molecule has 0 aliphatic carbocycles. The van der Waals surface area contributed by atoms with Crippen LogP contribution in [0.4, 0.5) is 0 Å². The molecule has 2 nitrogen and oxygen atoms in total. The molecule has 1 aromatic carbocycles. The normalized spacial score (nSPS) is 11.3. The van der Waals surface area contributed by atoms with E-state index in [0.29, 0.717) is 0 Å². The number of nitrogens with zero attached hydrogens (tertiary/aromatic N) is 1. The van der Waals surface area contributed by atoms with E-state index in [0.717, 1.165) is 15.6 Å². The van der Waals surface area contributed by atoms with E-state index < -0.39 is 0 Å². The molecule has 0 spiro atoms. The molecule has 0 radical (unpaired) electrons. The van der Waals surface area contributed by atoms with E-state index in [-0.39, 0.29) is 5.78 Å². The minimum absolute atomic E-state index is 0.0711. The smallest absolute Gasteiger partial charge is 0.161 e. The van der Waals surface area contributed by atoms with Gasteiger partial charge in [-0.3, -0.25) is 4.79 Å². The number of rotatable bonds is 3. The summed E-state index contributed by atoms with van der Waals surface area (Å²) in [4.78, 5) is 13.4. The summed E-state index contributed by atoms with van der Waals surface area (Å²) in [6.45, 7) is 1.58. The molecule has 0 fully saturated rings. The summed E-state index contributed by atoms with van der Waals surface area (Å²) in [5.41, 5.74) is 1.66. The zero-order chi connectivity index (χ0) is 11.4. The standard InChI is InChI=1S/C12H14BrNO/c1-9(15)12(8-14(2)3)10-5-4-6-11(13)7-10/h4-8H,1-3H3/b12-8-. The molecule has 1 aromatic rings. The number of allylic oxidation sites excluding steroid dienone is 1. The third kappa shape index (κ3) is 3.51. The van der Waals surface area contributed by atoms with Crippen LogP contribution in [0.25, 0.3) is 5.57 Å². The first-order chi connectivity index (χ1) is 7.00. The van der Waals surface area contributed by atoms with Crippen LogP contribution in [0.5, 0.6) is 0 Å². The van der Waals surface area contributed by atoms with Gasteiger partial charge in [-0.25, -0.2) is 0 Å². The molecule has 0 aliphatic rings. The molecule has 15 heavy (non-hydrogen) atoms. The molecule has 0 bridgehead atoms. The van der Waals surface area contributed by atoms with E-state index >= 15 is 0 Å². The maximum absolute atomic E-state index is 11.5. The Morgan fingerprint density at radius 2 is 2.07 bits per heavy atom. The zero-order valence-corrected chi connectivity index (χ0v) is 10.7. The lowest BCUT2D eigenvalue weighted by molar-refractivity contribution is -0.111. The summed E-state index contributed by atoms with van der Waals surface area (Å²) in [5, 5.41) is 0. The first kappa shape index (κ1) is 12.0. The molecule has 0 saturated heterocycles. The summed E-state index contributed by atoms with van der Waals surface area (Å²) in [5.74, 6) is 0.0711. The maximum atomic E-state index is 11.5. The number of hydrogen-bond donors (Lipinski definition) is 0. The van der Waals surface area contributed by atoms with Gasteiger partial charge in [0, 0.05) is 30.3 Å².